The molecule has 33 heavy (non-hydrogen) atoms. The van der Waals surface area contributed by atoms with Crippen molar-refractivity contribution in [2.24, 2.45) is 0 Å². The number of hydrogen-bond donors (Lipinski definition) is 1. The van der Waals surface area contributed by atoms with Crippen molar-refractivity contribution in [1.82, 2.24) is 9.21 Å². The van der Waals surface area contributed by atoms with Crippen LogP contribution in [0.15, 0.2) is 77.0 Å². The van der Waals surface area contributed by atoms with Gasteiger partial charge in [-0.15, -0.1) is 11.3 Å². The summed E-state index contributed by atoms with van der Waals surface area (Å²) in [6.45, 7) is 0.803. The van der Waals surface area contributed by atoms with Gasteiger partial charge in [0.15, 0.2) is 0 Å². The summed E-state index contributed by atoms with van der Waals surface area (Å²) in [5, 5.41) is 4.66. The highest BCUT2D eigenvalue weighted by Crippen LogP contribution is 2.24. The van der Waals surface area contributed by atoms with Crippen LogP contribution in [0.4, 0.5) is 5.69 Å². The van der Waals surface area contributed by atoms with E-state index in [9.17, 15) is 18.0 Å². The fourth-order valence-corrected chi connectivity index (χ4v) is 5.70. The van der Waals surface area contributed by atoms with Crippen LogP contribution in [0.1, 0.15) is 28.1 Å². The zero-order chi connectivity index (χ0) is 23.4. The van der Waals surface area contributed by atoms with Crippen LogP contribution in [-0.2, 0) is 21.4 Å². The first-order valence-corrected chi connectivity index (χ1v) is 12.9. The second-order valence-electron chi connectivity index (χ2n) is 7.89. The lowest BCUT2D eigenvalue weighted by molar-refractivity contribution is -0.119. The molecule has 1 aromatic heterocycles. The van der Waals surface area contributed by atoms with Gasteiger partial charge in [0.05, 0.1) is 9.77 Å². The Bertz CT molecular complexity index is 1210. The number of carbonyl (C=O) groups is 2. The van der Waals surface area contributed by atoms with Gasteiger partial charge in [-0.2, -0.15) is 4.31 Å². The van der Waals surface area contributed by atoms with Crippen molar-refractivity contribution in [3.8, 4) is 0 Å². The molecular weight excluding hydrogens is 458 g/mol. The van der Waals surface area contributed by atoms with Crippen molar-refractivity contribution in [2.45, 2.75) is 30.3 Å². The van der Waals surface area contributed by atoms with Crippen LogP contribution in [0, 0.1) is 0 Å². The van der Waals surface area contributed by atoms with Gasteiger partial charge in [-0.25, -0.2) is 8.42 Å². The molecule has 3 aromatic rings. The smallest absolute Gasteiger partial charge is 0.264 e. The summed E-state index contributed by atoms with van der Waals surface area (Å²) in [5.74, 6) is -0.403. The number of thiophene rings is 1. The number of hydrogen-bond acceptors (Lipinski definition) is 5. The number of carbonyl (C=O) groups excluding carboxylic acids is 2. The lowest BCUT2D eigenvalue weighted by Crippen LogP contribution is -2.42. The van der Waals surface area contributed by atoms with Crippen LogP contribution >= 0.6 is 11.3 Å². The van der Waals surface area contributed by atoms with Gasteiger partial charge in [0.2, 0.25) is 15.9 Å². The van der Waals surface area contributed by atoms with E-state index in [2.05, 4.69) is 5.32 Å². The highest BCUT2D eigenvalue weighted by atomic mass is 32.2. The number of anilines is 1. The van der Waals surface area contributed by atoms with E-state index in [1.165, 1.54) is 34.8 Å². The molecule has 9 heteroatoms. The van der Waals surface area contributed by atoms with Gasteiger partial charge < -0.3 is 10.2 Å². The van der Waals surface area contributed by atoms with Crippen molar-refractivity contribution in [3.63, 3.8) is 0 Å². The summed E-state index contributed by atoms with van der Waals surface area (Å²) in [5.41, 5.74) is 1.38. The van der Waals surface area contributed by atoms with E-state index in [0.29, 0.717) is 23.5 Å². The number of sulfonamides is 1. The largest absolute Gasteiger partial charge is 0.326 e. The molecule has 4 rings (SSSR count). The molecule has 7 nitrogen and oxygen atoms in total. The molecule has 0 aliphatic carbocycles. The summed E-state index contributed by atoms with van der Waals surface area (Å²) in [4.78, 5) is 27.9. The molecule has 0 saturated carbocycles. The third-order valence-electron chi connectivity index (χ3n) is 5.63. The van der Waals surface area contributed by atoms with E-state index in [4.69, 9.17) is 0 Å². The Morgan fingerprint density at radius 2 is 1.79 bits per heavy atom. The average molecular weight is 484 g/mol. The second-order valence-corrected chi connectivity index (χ2v) is 10.9. The van der Waals surface area contributed by atoms with Crippen LogP contribution in [-0.4, -0.2) is 49.1 Å². The third-order valence-corrected chi connectivity index (χ3v) is 8.30. The first-order valence-electron chi connectivity index (χ1n) is 10.6. The van der Waals surface area contributed by atoms with Crippen LogP contribution < -0.4 is 5.32 Å². The maximum atomic E-state index is 12.9. The quantitative estimate of drug-likeness (QED) is 0.554. The zero-order valence-corrected chi connectivity index (χ0v) is 19.8. The van der Waals surface area contributed by atoms with Gasteiger partial charge in [0, 0.05) is 25.8 Å². The number of nitrogens with zero attached hydrogens (tertiary/aromatic N) is 2. The lowest BCUT2D eigenvalue weighted by atomic mass is 10.2. The van der Waals surface area contributed by atoms with Crippen LogP contribution in [0.2, 0.25) is 0 Å². The number of rotatable bonds is 7. The molecule has 1 N–H and O–H groups in total. The van der Waals surface area contributed by atoms with E-state index in [1.807, 2.05) is 41.8 Å². The third kappa shape index (κ3) is 5.16. The minimum atomic E-state index is -3.67. The van der Waals surface area contributed by atoms with Gasteiger partial charge in [0.1, 0.15) is 6.04 Å². The second kappa shape index (κ2) is 9.86. The maximum absolute atomic E-state index is 12.9. The summed E-state index contributed by atoms with van der Waals surface area (Å²) in [6.07, 6.45) is 1.36. The van der Waals surface area contributed by atoms with E-state index in [0.717, 1.165) is 12.0 Å². The maximum Gasteiger partial charge on any atom is 0.264 e. The van der Waals surface area contributed by atoms with Crippen LogP contribution in [0.3, 0.4) is 0 Å². The van der Waals surface area contributed by atoms with E-state index < -0.39 is 16.1 Å². The number of benzene rings is 2. The fourth-order valence-electron chi connectivity index (χ4n) is 3.87. The molecule has 2 heterocycles. The Kier molecular flexibility index (Phi) is 6.92. The average Bonchev–Trinajstić information content (AvgIpc) is 3.52. The molecule has 1 unspecified atom stereocenters. The molecular formula is C24H25N3O4S2. The molecule has 1 fully saturated rings. The number of nitrogens with one attached hydrogen (secondary N) is 1. The van der Waals surface area contributed by atoms with Crippen molar-refractivity contribution in [1.29, 1.82) is 0 Å². The number of likely N-dealkylation sites (tertiary alicyclic amines) is 1. The monoisotopic (exact) mass is 483 g/mol. The Morgan fingerprint density at radius 1 is 1.06 bits per heavy atom. The fraction of sp³-hybridized carbons (Fsp3) is 0.250. The Balaban J connectivity index is 1.41. The van der Waals surface area contributed by atoms with Gasteiger partial charge in [-0.05, 0) is 54.1 Å². The molecule has 1 aliphatic heterocycles. The molecule has 0 radical (unpaired) electrons. The van der Waals surface area contributed by atoms with Crippen molar-refractivity contribution in [3.05, 3.63) is 82.6 Å². The van der Waals surface area contributed by atoms with Crippen LogP contribution in [0.25, 0.3) is 0 Å². The first-order chi connectivity index (χ1) is 15.9. The highest BCUT2D eigenvalue weighted by molar-refractivity contribution is 7.89. The normalized spacial score (nSPS) is 16.2. The molecule has 2 amide bonds. The summed E-state index contributed by atoms with van der Waals surface area (Å²) in [7, 11) is -2.14. The number of amides is 2. The highest BCUT2D eigenvalue weighted by Gasteiger charge is 2.35. The van der Waals surface area contributed by atoms with E-state index >= 15 is 0 Å². The molecule has 0 bridgehead atoms. The minimum Gasteiger partial charge on any atom is -0.326 e. The first kappa shape index (κ1) is 23.2. The summed E-state index contributed by atoms with van der Waals surface area (Å²) < 4.78 is 27.1. The molecule has 1 atom stereocenters. The molecule has 172 valence electrons. The molecule has 2 aromatic carbocycles. The summed E-state index contributed by atoms with van der Waals surface area (Å²) >= 11 is 1.36. The van der Waals surface area contributed by atoms with E-state index in [-0.39, 0.29) is 23.3 Å². The van der Waals surface area contributed by atoms with Crippen molar-refractivity contribution < 1.29 is 18.0 Å². The standard InChI is InChI=1S/C24H25N3O4S2/c1-26(17-18-7-3-2-4-8-18)33(30,31)20-13-11-19(12-14-20)25-23(28)21-9-5-15-27(21)24(29)22-10-6-16-32-22/h2-4,6-8,10-14,16,21H,5,9,15,17H2,1H3,(H,25,28). The van der Waals surface area contributed by atoms with Gasteiger partial charge in [-0.1, -0.05) is 36.4 Å². The van der Waals surface area contributed by atoms with Crippen molar-refractivity contribution >= 4 is 38.9 Å². The van der Waals surface area contributed by atoms with Crippen molar-refractivity contribution in [2.75, 3.05) is 18.9 Å². The summed E-state index contributed by atoms with van der Waals surface area (Å²) in [6, 6.07) is 18.5. The molecule has 1 saturated heterocycles. The Morgan fingerprint density at radius 3 is 2.45 bits per heavy atom. The van der Waals surface area contributed by atoms with Gasteiger partial charge in [0.25, 0.3) is 5.91 Å². The van der Waals surface area contributed by atoms with E-state index in [1.54, 1.807) is 23.1 Å². The predicted octanol–water partition coefficient (Wildman–Crippen LogP) is 3.81. The topological polar surface area (TPSA) is 86.8 Å². The molecule has 1 aliphatic rings. The SMILES string of the molecule is CN(Cc1ccccc1)S(=O)(=O)c1ccc(NC(=O)C2CCCN2C(=O)c2cccs2)cc1. The minimum absolute atomic E-state index is 0.134. The zero-order valence-electron chi connectivity index (χ0n) is 18.2. The Labute approximate surface area is 197 Å². The van der Waals surface area contributed by atoms with Gasteiger partial charge in [-0.3, -0.25) is 9.59 Å². The lowest BCUT2D eigenvalue weighted by Gasteiger charge is -2.23. The predicted molar refractivity (Wildman–Crippen MR) is 129 cm³/mol. The van der Waals surface area contributed by atoms with Crippen LogP contribution in [0.5, 0.6) is 0 Å². The Hall–Kier alpha value is -3.01. The van der Waals surface area contributed by atoms with Gasteiger partial charge >= 0.3 is 0 Å². The molecule has 0 spiro atoms.